The Hall–Kier alpha value is -4.15. The number of pyridine rings is 1. The number of H-pyrrole nitrogens is 1. The van der Waals surface area contributed by atoms with E-state index in [-0.39, 0.29) is 23.3 Å². The van der Waals surface area contributed by atoms with Crippen LogP contribution in [-0.4, -0.2) is 59.0 Å². The van der Waals surface area contributed by atoms with Gasteiger partial charge in [-0.1, -0.05) is 6.07 Å². The number of hydrogen-bond donors (Lipinski definition) is 2. The number of primary amides is 1. The number of anilines is 1. The number of rotatable bonds is 8. The number of aryl methyl sites for hydroxylation is 3. The first kappa shape index (κ1) is 31.8. The normalized spacial score (nSPS) is 16.3. The molecule has 2 aliphatic heterocycles. The summed E-state index contributed by atoms with van der Waals surface area (Å²) >= 11 is 0. The summed E-state index contributed by atoms with van der Waals surface area (Å²) in [5.74, 6) is -0.501. The summed E-state index contributed by atoms with van der Waals surface area (Å²) in [6, 6.07) is 10.2. The molecule has 0 bridgehead atoms. The minimum atomic E-state index is -0.501. The second-order valence-corrected chi connectivity index (χ2v) is 12.8. The van der Waals surface area contributed by atoms with Crippen LogP contribution in [0.5, 0.6) is 0 Å². The SMILES string of the molecule is CCN(c1c(C)c(C(N)=O)cc(-c2ccc3c(c2)n(C2CCOCC2)c(=O)n3C)c1Cc1c(C)cc(C)[nH]c1=O)C1CCOCC1. The van der Waals surface area contributed by atoms with Gasteiger partial charge in [0, 0.05) is 81.0 Å². The van der Waals surface area contributed by atoms with Gasteiger partial charge < -0.3 is 25.1 Å². The Kier molecular flexibility index (Phi) is 8.94. The molecule has 4 heterocycles. The average molecular weight is 628 g/mol. The molecule has 0 unspecified atom stereocenters. The van der Waals surface area contributed by atoms with E-state index in [1.807, 2.05) is 49.6 Å². The van der Waals surface area contributed by atoms with Crippen LogP contribution in [0.1, 0.15) is 77.0 Å². The van der Waals surface area contributed by atoms with Crippen LogP contribution in [0.15, 0.2) is 39.9 Å². The van der Waals surface area contributed by atoms with E-state index in [1.54, 1.807) is 11.6 Å². The Bertz CT molecular complexity index is 1910. The highest BCUT2D eigenvalue weighted by Crippen LogP contribution is 2.41. The summed E-state index contributed by atoms with van der Waals surface area (Å²) in [6.07, 6.45) is 3.62. The topological polar surface area (TPSA) is 125 Å². The Balaban J connectivity index is 1.65. The van der Waals surface area contributed by atoms with E-state index in [9.17, 15) is 14.4 Å². The fourth-order valence-electron chi connectivity index (χ4n) is 7.61. The summed E-state index contributed by atoms with van der Waals surface area (Å²) in [7, 11) is 1.81. The van der Waals surface area contributed by atoms with E-state index in [1.165, 1.54) is 0 Å². The first-order valence-electron chi connectivity index (χ1n) is 16.4. The number of carbonyl (C=O) groups excluding carboxylic acids is 1. The zero-order valence-corrected chi connectivity index (χ0v) is 27.6. The Morgan fingerprint density at radius 1 is 0.957 bits per heavy atom. The van der Waals surface area contributed by atoms with Crippen LogP contribution in [0, 0.1) is 20.8 Å². The predicted molar refractivity (Wildman–Crippen MR) is 181 cm³/mol. The van der Waals surface area contributed by atoms with E-state index in [4.69, 9.17) is 15.2 Å². The third-order valence-electron chi connectivity index (χ3n) is 9.99. The summed E-state index contributed by atoms with van der Waals surface area (Å²) in [5, 5.41) is 0. The molecule has 0 radical (unpaired) electrons. The Morgan fingerprint density at radius 2 is 1.63 bits per heavy atom. The molecule has 6 rings (SSSR count). The number of carbonyl (C=O) groups is 1. The minimum absolute atomic E-state index is 0.0345. The van der Waals surface area contributed by atoms with Crippen molar-refractivity contribution in [3.63, 3.8) is 0 Å². The van der Waals surface area contributed by atoms with E-state index >= 15 is 0 Å². The number of nitrogens with zero attached hydrogens (tertiary/aromatic N) is 3. The maximum Gasteiger partial charge on any atom is 0.329 e. The van der Waals surface area contributed by atoms with E-state index in [0.717, 1.165) is 75.9 Å². The molecular weight excluding hydrogens is 582 g/mol. The Labute approximate surface area is 269 Å². The molecule has 2 saturated heterocycles. The number of nitrogens with two attached hydrogens (primary N) is 1. The van der Waals surface area contributed by atoms with Crippen molar-refractivity contribution in [1.82, 2.24) is 14.1 Å². The molecule has 2 aromatic heterocycles. The molecule has 2 aliphatic rings. The number of aromatic nitrogens is 3. The molecule has 3 N–H and O–H groups in total. The lowest BCUT2D eigenvalue weighted by Gasteiger charge is -2.38. The smallest absolute Gasteiger partial charge is 0.329 e. The number of imidazole rings is 1. The quantitative estimate of drug-likeness (QED) is 0.293. The molecule has 0 spiro atoms. The standard InChI is InChI=1S/C36H45N5O5/c1-6-40(25-9-13-45-14-10-25)33-23(4)28(34(37)42)20-29(30(33)19-27-21(2)17-22(3)38-35(27)43)24-7-8-31-32(18-24)41(36(44)39(31)5)26-11-15-46-16-12-26/h7-8,17-18,20,25-26H,6,9-16,19H2,1-5H3,(H2,37,42)(H,38,43). The van der Waals surface area contributed by atoms with Gasteiger partial charge in [0.1, 0.15) is 0 Å². The van der Waals surface area contributed by atoms with Crippen LogP contribution in [-0.2, 0) is 22.9 Å². The molecule has 2 fully saturated rings. The number of ether oxygens (including phenoxy) is 2. The fourth-order valence-corrected chi connectivity index (χ4v) is 7.61. The van der Waals surface area contributed by atoms with Crippen LogP contribution in [0.25, 0.3) is 22.2 Å². The predicted octanol–water partition coefficient (Wildman–Crippen LogP) is 4.67. The minimum Gasteiger partial charge on any atom is -0.381 e. The molecule has 46 heavy (non-hydrogen) atoms. The van der Waals surface area contributed by atoms with Gasteiger partial charge in [-0.3, -0.25) is 18.7 Å². The Morgan fingerprint density at radius 3 is 2.26 bits per heavy atom. The van der Waals surface area contributed by atoms with Crippen molar-refractivity contribution in [3.05, 3.63) is 84.7 Å². The third kappa shape index (κ3) is 5.69. The zero-order valence-electron chi connectivity index (χ0n) is 27.6. The zero-order chi connectivity index (χ0) is 32.7. The lowest BCUT2D eigenvalue weighted by molar-refractivity contribution is 0.0696. The van der Waals surface area contributed by atoms with Crippen molar-refractivity contribution in [3.8, 4) is 11.1 Å². The summed E-state index contributed by atoms with van der Waals surface area (Å²) < 4.78 is 14.9. The number of aromatic amines is 1. The van der Waals surface area contributed by atoms with Gasteiger partial charge in [0.25, 0.3) is 5.56 Å². The lowest BCUT2D eigenvalue weighted by Crippen LogP contribution is -2.41. The van der Waals surface area contributed by atoms with Crippen molar-refractivity contribution < 1.29 is 14.3 Å². The second kappa shape index (κ2) is 12.9. The highest BCUT2D eigenvalue weighted by molar-refractivity contribution is 5.99. The van der Waals surface area contributed by atoms with Gasteiger partial charge in [0.05, 0.1) is 11.0 Å². The molecule has 4 aromatic rings. The molecule has 0 aliphatic carbocycles. The largest absolute Gasteiger partial charge is 0.381 e. The lowest BCUT2D eigenvalue weighted by atomic mass is 9.86. The first-order chi connectivity index (χ1) is 22.1. The molecule has 2 aromatic carbocycles. The van der Waals surface area contributed by atoms with Gasteiger partial charge >= 0.3 is 5.69 Å². The van der Waals surface area contributed by atoms with Gasteiger partial charge in [0.2, 0.25) is 5.91 Å². The van der Waals surface area contributed by atoms with Crippen molar-refractivity contribution in [1.29, 1.82) is 0 Å². The molecule has 244 valence electrons. The van der Waals surface area contributed by atoms with Gasteiger partial charge in [-0.2, -0.15) is 0 Å². The number of fused-ring (bicyclic) bond motifs is 1. The van der Waals surface area contributed by atoms with Gasteiger partial charge in [-0.25, -0.2) is 4.79 Å². The van der Waals surface area contributed by atoms with Gasteiger partial charge in [0.15, 0.2) is 0 Å². The van der Waals surface area contributed by atoms with Crippen LogP contribution in [0.3, 0.4) is 0 Å². The van der Waals surface area contributed by atoms with E-state index in [2.05, 4.69) is 22.9 Å². The van der Waals surface area contributed by atoms with Crippen molar-refractivity contribution in [2.45, 2.75) is 71.9 Å². The highest BCUT2D eigenvalue weighted by Gasteiger charge is 2.29. The highest BCUT2D eigenvalue weighted by atomic mass is 16.5. The van der Waals surface area contributed by atoms with E-state index < -0.39 is 5.91 Å². The summed E-state index contributed by atoms with van der Waals surface area (Å²) in [6.45, 7) is 11.2. The molecule has 10 heteroatoms. The van der Waals surface area contributed by atoms with Crippen molar-refractivity contribution in [2.24, 2.45) is 12.8 Å². The molecule has 10 nitrogen and oxygen atoms in total. The summed E-state index contributed by atoms with van der Waals surface area (Å²) in [5.41, 5.74) is 14.8. The van der Waals surface area contributed by atoms with Crippen molar-refractivity contribution in [2.75, 3.05) is 37.9 Å². The number of hydrogen-bond acceptors (Lipinski definition) is 6. The fraction of sp³-hybridized carbons (Fsp3) is 0.472. The number of benzene rings is 2. The molecule has 0 saturated carbocycles. The monoisotopic (exact) mass is 627 g/mol. The summed E-state index contributed by atoms with van der Waals surface area (Å²) in [4.78, 5) is 45.4. The maximum absolute atomic E-state index is 13.6. The second-order valence-electron chi connectivity index (χ2n) is 12.8. The molecular formula is C36H45N5O5. The van der Waals surface area contributed by atoms with Crippen LogP contribution < -0.4 is 21.9 Å². The third-order valence-corrected chi connectivity index (χ3v) is 9.99. The van der Waals surface area contributed by atoms with Crippen LogP contribution >= 0.6 is 0 Å². The maximum atomic E-state index is 13.6. The average Bonchev–Trinajstić information content (AvgIpc) is 3.29. The van der Waals surface area contributed by atoms with Crippen molar-refractivity contribution >= 4 is 22.6 Å². The van der Waals surface area contributed by atoms with E-state index in [0.29, 0.717) is 50.5 Å². The molecule has 0 atom stereocenters. The number of amides is 1. The van der Waals surface area contributed by atoms with Gasteiger partial charge in [-0.15, -0.1) is 0 Å². The van der Waals surface area contributed by atoms with Crippen LogP contribution in [0.4, 0.5) is 5.69 Å². The molecule has 1 amide bonds. The first-order valence-corrected chi connectivity index (χ1v) is 16.4. The number of nitrogens with one attached hydrogen (secondary N) is 1. The van der Waals surface area contributed by atoms with Crippen LogP contribution in [0.2, 0.25) is 0 Å². The van der Waals surface area contributed by atoms with Gasteiger partial charge in [-0.05, 0) is 105 Å².